The number of hydrogen-bond acceptors (Lipinski definition) is 2. The van der Waals surface area contributed by atoms with Crippen molar-refractivity contribution in [1.82, 2.24) is 0 Å². The van der Waals surface area contributed by atoms with E-state index in [1.165, 1.54) is 48.8 Å². The Balaban J connectivity index is 2.34. The van der Waals surface area contributed by atoms with E-state index in [1.54, 1.807) is 7.11 Å². The molecule has 1 aliphatic rings. The van der Waals surface area contributed by atoms with Gasteiger partial charge in [0.2, 0.25) is 0 Å². The van der Waals surface area contributed by atoms with Crippen molar-refractivity contribution in [2.75, 3.05) is 13.7 Å². The molecule has 0 aliphatic heterocycles. The van der Waals surface area contributed by atoms with E-state index < -0.39 is 0 Å². The van der Waals surface area contributed by atoms with Crippen molar-refractivity contribution in [3.05, 3.63) is 28.8 Å². The fourth-order valence-corrected chi connectivity index (χ4v) is 4.03. The first-order valence-electron chi connectivity index (χ1n) is 8.46. The van der Waals surface area contributed by atoms with Gasteiger partial charge in [0.25, 0.3) is 0 Å². The van der Waals surface area contributed by atoms with Gasteiger partial charge in [-0.05, 0) is 67.7 Å². The van der Waals surface area contributed by atoms with Crippen LogP contribution in [-0.2, 0) is 0 Å². The van der Waals surface area contributed by atoms with E-state index in [4.69, 9.17) is 10.5 Å². The number of nitrogens with two attached hydrogens (primary N) is 1. The van der Waals surface area contributed by atoms with E-state index in [2.05, 4.69) is 32.9 Å². The highest BCUT2D eigenvalue weighted by molar-refractivity contribution is 5.47. The molecule has 1 aromatic carbocycles. The van der Waals surface area contributed by atoms with Gasteiger partial charge in [0.1, 0.15) is 5.75 Å². The second kappa shape index (κ2) is 7.31. The summed E-state index contributed by atoms with van der Waals surface area (Å²) in [5.41, 5.74) is 10.0. The Bertz CT molecular complexity index is 469. The second-order valence-corrected chi connectivity index (χ2v) is 6.70. The SMILES string of the molecule is CCCC1CCC(CN)C(c2ccc(C)c(C)c2OC)C1. The Morgan fingerprint density at radius 1 is 1.24 bits per heavy atom. The zero-order chi connectivity index (χ0) is 15.4. The molecule has 0 aromatic heterocycles. The summed E-state index contributed by atoms with van der Waals surface area (Å²) in [6.45, 7) is 7.41. The first-order chi connectivity index (χ1) is 10.1. The van der Waals surface area contributed by atoms with Crippen molar-refractivity contribution in [3.63, 3.8) is 0 Å². The highest BCUT2D eigenvalue weighted by atomic mass is 16.5. The predicted octanol–water partition coefficient (Wildman–Crippen LogP) is 4.57. The summed E-state index contributed by atoms with van der Waals surface area (Å²) >= 11 is 0. The van der Waals surface area contributed by atoms with E-state index in [9.17, 15) is 0 Å². The molecule has 2 N–H and O–H groups in total. The molecule has 2 rings (SSSR count). The molecule has 2 nitrogen and oxygen atoms in total. The standard InChI is InChI=1S/C19H31NO/c1-5-6-15-8-9-16(12-20)18(11-15)17-10-7-13(2)14(3)19(17)21-4/h7,10,15-16,18H,5-6,8-9,11-12,20H2,1-4H3. The van der Waals surface area contributed by atoms with Crippen molar-refractivity contribution in [3.8, 4) is 5.75 Å². The monoisotopic (exact) mass is 289 g/mol. The van der Waals surface area contributed by atoms with Crippen LogP contribution in [0.3, 0.4) is 0 Å². The summed E-state index contributed by atoms with van der Waals surface area (Å²) in [6.07, 6.45) is 6.52. The summed E-state index contributed by atoms with van der Waals surface area (Å²) in [5, 5.41) is 0. The summed E-state index contributed by atoms with van der Waals surface area (Å²) in [4.78, 5) is 0. The molecule has 21 heavy (non-hydrogen) atoms. The van der Waals surface area contributed by atoms with Crippen LogP contribution in [0.25, 0.3) is 0 Å². The van der Waals surface area contributed by atoms with Crippen LogP contribution in [0.1, 0.15) is 61.6 Å². The van der Waals surface area contributed by atoms with Crippen LogP contribution in [0.5, 0.6) is 5.75 Å². The minimum absolute atomic E-state index is 0.564. The third-order valence-corrected chi connectivity index (χ3v) is 5.41. The Morgan fingerprint density at radius 3 is 2.62 bits per heavy atom. The normalized spacial score (nSPS) is 25.9. The van der Waals surface area contributed by atoms with Gasteiger partial charge < -0.3 is 10.5 Å². The minimum atomic E-state index is 0.564. The van der Waals surface area contributed by atoms with Gasteiger partial charge in [0.05, 0.1) is 7.11 Å². The average molecular weight is 289 g/mol. The lowest BCUT2D eigenvalue weighted by atomic mass is 9.69. The van der Waals surface area contributed by atoms with Crippen LogP contribution in [0.4, 0.5) is 0 Å². The zero-order valence-electron chi connectivity index (χ0n) is 14.1. The molecule has 1 aromatic rings. The van der Waals surface area contributed by atoms with Gasteiger partial charge >= 0.3 is 0 Å². The number of hydrogen-bond donors (Lipinski definition) is 1. The van der Waals surface area contributed by atoms with Crippen molar-refractivity contribution >= 4 is 0 Å². The molecule has 1 saturated carbocycles. The molecule has 3 atom stereocenters. The van der Waals surface area contributed by atoms with Gasteiger partial charge in [-0.15, -0.1) is 0 Å². The van der Waals surface area contributed by atoms with E-state index >= 15 is 0 Å². The predicted molar refractivity (Wildman–Crippen MR) is 90.0 cm³/mol. The molecule has 1 fully saturated rings. The summed E-state index contributed by atoms with van der Waals surface area (Å²) in [5.74, 6) is 3.12. The molecule has 118 valence electrons. The third kappa shape index (κ3) is 3.42. The van der Waals surface area contributed by atoms with Gasteiger partial charge in [-0.3, -0.25) is 0 Å². The van der Waals surface area contributed by atoms with E-state index in [-0.39, 0.29) is 0 Å². The Morgan fingerprint density at radius 2 is 2.00 bits per heavy atom. The molecule has 0 amide bonds. The zero-order valence-corrected chi connectivity index (χ0v) is 14.1. The molecule has 0 spiro atoms. The molecule has 0 saturated heterocycles. The number of rotatable bonds is 5. The van der Waals surface area contributed by atoms with Gasteiger partial charge in [-0.2, -0.15) is 0 Å². The van der Waals surface area contributed by atoms with Crippen LogP contribution >= 0.6 is 0 Å². The summed E-state index contributed by atoms with van der Waals surface area (Å²) in [6, 6.07) is 4.52. The van der Waals surface area contributed by atoms with Crippen molar-refractivity contribution < 1.29 is 4.74 Å². The first kappa shape index (κ1) is 16.4. The first-order valence-corrected chi connectivity index (χ1v) is 8.46. The molecule has 2 heteroatoms. The topological polar surface area (TPSA) is 35.2 Å². The van der Waals surface area contributed by atoms with Crippen LogP contribution in [0.15, 0.2) is 12.1 Å². The Kier molecular flexibility index (Phi) is 5.69. The van der Waals surface area contributed by atoms with E-state index in [0.29, 0.717) is 11.8 Å². The van der Waals surface area contributed by atoms with Crippen molar-refractivity contribution in [2.45, 2.75) is 58.8 Å². The highest BCUT2D eigenvalue weighted by Gasteiger charge is 2.32. The van der Waals surface area contributed by atoms with Crippen LogP contribution in [0.2, 0.25) is 0 Å². The van der Waals surface area contributed by atoms with Crippen molar-refractivity contribution in [2.24, 2.45) is 17.6 Å². The molecule has 0 radical (unpaired) electrons. The number of ether oxygens (including phenoxy) is 1. The molecule has 0 bridgehead atoms. The third-order valence-electron chi connectivity index (χ3n) is 5.41. The molecule has 0 heterocycles. The lowest BCUT2D eigenvalue weighted by molar-refractivity contribution is 0.226. The minimum Gasteiger partial charge on any atom is -0.496 e. The molecule has 1 aliphatic carbocycles. The van der Waals surface area contributed by atoms with E-state index in [1.807, 2.05) is 0 Å². The summed E-state index contributed by atoms with van der Waals surface area (Å²) in [7, 11) is 1.80. The van der Waals surface area contributed by atoms with Gasteiger partial charge in [0, 0.05) is 0 Å². The highest BCUT2D eigenvalue weighted by Crippen LogP contribution is 2.45. The average Bonchev–Trinajstić information content (AvgIpc) is 2.50. The number of aryl methyl sites for hydroxylation is 1. The van der Waals surface area contributed by atoms with Crippen LogP contribution < -0.4 is 10.5 Å². The molecule has 3 unspecified atom stereocenters. The van der Waals surface area contributed by atoms with Crippen LogP contribution in [0, 0.1) is 25.7 Å². The van der Waals surface area contributed by atoms with Gasteiger partial charge in [-0.25, -0.2) is 0 Å². The maximum atomic E-state index is 6.07. The van der Waals surface area contributed by atoms with Gasteiger partial charge in [-0.1, -0.05) is 38.3 Å². The maximum absolute atomic E-state index is 6.07. The Hall–Kier alpha value is -1.02. The molecular formula is C19H31NO. The van der Waals surface area contributed by atoms with Crippen LogP contribution in [-0.4, -0.2) is 13.7 Å². The fraction of sp³-hybridized carbons (Fsp3) is 0.684. The largest absolute Gasteiger partial charge is 0.496 e. The summed E-state index contributed by atoms with van der Waals surface area (Å²) < 4.78 is 5.76. The van der Waals surface area contributed by atoms with E-state index in [0.717, 1.165) is 18.2 Å². The second-order valence-electron chi connectivity index (χ2n) is 6.70. The fourth-order valence-electron chi connectivity index (χ4n) is 4.03. The lowest BCUT2D eigenvalue weighted by Gasteiger charge is -2.37. The van der Waals surface area contributed by atoms with Crippen molar-refractivity contribution in [1.29, 1.82) is 0 Å². The lowest BCUT2D eigenvalue weighted by Crippen LogP contribution is -2.29. The Labute approximate surface area is 130 Å². The molecular weight excluding hydrogens is 258 g/mol. The number of methoxy groups -OCH3 is 1. The number of benzene rings is 1. The maximum Gasteiger partial charge on any atom is 0.125 e. The van der Waals surface area contributed by atoms with Gasteiger partial charge in [0.15, 0.2) is 0 Å². The smallest absolute Gasteiger partial charge is 0.125 e. The quantitative estimate of drug-likeness (QED) is 0.861.